The molecule has 10 nitrogen and oxygen atoms in total. The molecule has 1 rings (SSSR count). The quantitative estimate of drug-likeness (QED) is 0.167. The molecule has 0 saturated heterocycles. The van der Waals surface area contributed by atoms with E-state index in [1.807, 2.05) is 30.9 Å². The molecule has 36 heavy (non-hydrogen) atoms. The Morgan fingerprint density at radius 3 is 2.11 bits per heavy atom. The van der Waals surface area contributed by atoms with Crippen molar-refractivity contribution in [1.82, 2.24) is 10.2 Å². The van der Waals surface area contributed by atoms with Crippen LogP contribution in [0.2, 0.25) is 0 Å². The molecule has 1 unspecified atom stereocenters. The molecular weight excluding hydrogens is 468 g/mol. The molecule has 0 aromatic heterocycles. The summed E-state index contributed by atoms with van der Waals surface area (Å²) in [7, 11) is 1.54. The third-order valence-corrected chi connectivity index (χ3v) is 5.22. The molecule has 0 aliphatic rings. The van der Waals surface area contributed by atoms with Gasteiger partial charge in [0.25, 0.3) is 0 Å². The van der Waals surface area contributed by atoms with Crippen molar-refractivity contribution in [3.05, 3.63) is 41.5 Å². The van der Waals surface area contributed by atoms with Gasteiger partial charge in [-0.2, -0.15) is 0 Å². The van der Waals surface area contributed by atoms with E-state index >= 15 is 0 Å². The molecule has 0 aliphatic heterocycles. The third kappa shape index (κ3) is 12.9. The summed E-state index contributed by atoms with van der Waals surface area (Å²) in [6.07, 6.45) is 7.74. The van der Waals surface area contributed by atoms with Crippen molar-refractivity contribution in [2.24, 2.45) is 5.92 Å². The molecule has 0 aliphatic carbocycles. The summed E-state index contributed by atoms with van der Waals surface area (Å²) in [6, 6.07) is 4.70. The van der Waals surface area contributed by atoms with Gasteiger partial charge in [-0.1, -0.05) is 52.0 Å². The van der Waals surface area contributed by atoms with Crippen molar-refractivity contribution in [3.63, 3.8) is 0 Å². The zero-order chi connectivity index (χ0) is 27.7. The van der Waals surface area contributed by atoms with E-state index in [0.717, 1.165) is 24.8 Å². The summed E-state index contributed by atoms with van der Waals surface area (Å²) < 4.78 is 5.47. The van der Waals surface area contributed by atoms with Crippen molar-refractivity contribution >= 4 is 23.8 Å². The number of benzene rings is 1. The highest BCUT2D eigenvalue weighted by Crippen LogP contribution is 2.30. The predicted molar refractivity (Wildman–Crippen MR) is 136 cm³/mol. The number of ether oxygens (including phenoxy) is 1. The first kappa shape index (κ1) is 32.6. The molecule has 0 spiro atoms. The number of rotatable bonds is 14. The Kier molecular flexibility index (Phi) is 16.3. The van der Waals surface area contributed by atoms with Gasteiger partial charge in [-0.15, -0.1) is 0 Å². The molecule has 202 valence electrons. The molecule has 0 radical (unpaired) electrons. The van der Waals surface area contributed by atoms with Crippen LogP contribution in [0.15, 0.2) is 30.4 Å². The first-order valence-corrected chi connectivity index (χ1v) is 12.0. The Bertz CT molecular complexity index is 867. The van der Waals surface area contributed by atoms with Crippen molar-refractivity contribution in [2.75, 3.05) is 20.2 Å². The number of amides is 1. The molecule has 0 saturated carbocycles. The van der Waals surface area contributed by atoms with E-state index in [-0.39, 0.29) is 5.91 Å². The average Bonchev–Trinajstić information content (AvgIpc) is 2.83. The first-order valence-electron chi connectivity index (χ1n) is 12.0. The number of allylic oxidation sites excluding steroid dienone is 2. The summed E-state index contributed by atoms with van der Waals surface area (Å²) >= 11 is 0. The number of carbonyl (C=O) groups excluding carboxylic acids is 1. The monoisotopic (exact) mass is 508 g/mol. The Morgan fingerprint density at radius 1 is 1.03 bits per heavy atom. The largest absolute Gasteiger partial charge is 0.496 e. The van der Waals surface area contributed by atoms with Crippen LogP contribution in [0, 0.1) is 5.92 Å². The number of aliphatic carboxylic acids is 3. The average molecular weight is 509 g/mol. The highest BCUT2D eigenvalue weighted by molar-refractivity contribution is 6.27. The molecule has 10 heteroatoms. The van der Waals surface area contributed by atoms with Crippen LogP contribution in [0.4, 0.5) is 0 Å². The number of likely N-dealkylation sites (N-methyl/N-ethyl adjacent to an activating group) is 1. The van der Waals surface area contributed by atoms with Crippen LogP contribution in [-0.2, 0) is 25.7 Å². The lowest BCUT2D eigenvalue weighted by molar-refractivity contribution is -0.159. The van der Waals surface area contributed by atoms with Gasteiger partial charge < -0.3 is 25.4 Å². The van der Waals surface area contributed by atoms with Crippen molar-refractivity contribution in [3.8, 4) is 5.75 Å². The fourth-order valence-corrected chi connectivity index (χ4v) is 3.37. The minimum Gasteiger partial charge on any atom is -0.496 e. The summed E-state index contributed by atoms with van der Waals surface area (Å²) in [6.45, 7) is 9.83. The van der Waals surface area contributed by atoms with Crippen LogP contribution in [0.25, 0.3) is 0 Å². The fourth-order valence-electron chi connectivity index (χ4n) is 3.37. The smallest absolute Gasteiger partial charge is 0.414 e. The standard InChI is InChI=1S/C24H38N2O4.C2H2O4/c1-6-26(7-2)23(24(28)29)20-15-14-19(16-21(20)30-5)17-25-22(27)13-11-9-8-10-12-18(3)4;3-1(4)2(5)6/h10,12,14-16,18,23H,6-9,11,13,17H2,1-5H3,(H,25,27)(H,28,29);(H,3,4)(H,5,6)/b12-10+;. The molecule has 0 bridgehead atoms. The number of methoxy groups -OCH3 is 1. The van der Waals surface area contributed by atoms with Crippen LogP contribution in [-0.4, -0.2) is 64.2 Å². The van der Waals surface area contributed by atoms with Crippen LogP contribution >= 0.6 is 0 Å². The predicted octanol–water partition coefficient (Wildman–Crippen LogP) is 3.71. The lowest BCUT2D eigenvalue weighted by atomic mass is 10.0. The Labute approximate surface area is 212 Å². The lowest BCUT2D eigenvalue weighted by Gasteiger charge is -2.27. The summed E-state index contributed by atoms with van der Waals surface area (Å²) in [5.41, 5.74) is 1.51. The van der Waals surface area contributed by atoms with Crippen LogP contribution in [0.5, 0.6) is 5.75 Å². The van der Waals surface area contributed by atoms with Crippen molar-refractivity contribution < 1.29 is 39.2 Å². The topological polar surface area (TPSA) is 153 Å². The molecule has 1 atom stereocenters. The Morgan fingerprint density at radius 2 is 1.64 bits per heavy atom. The van der Waals surface area contributed by atoms with Crippen molar-refractivity contribution in [2.45, 2.75) is 66.0 Å². The second kappa shape index (κ2) is 18.0. The second-order valence-corrected chi connectivity index (χ2v) is 8.34. The highest BCUT2D eigenvalue weighted by Gasteiger charge is 2.28. The van der Waals surface area contributed by atoms with Crippen LogP contribution < -0.4 is 10.1 Å². The number of nitrogens with one attached hydrogen (secondary N) is 1. The lowest BCUT2D eigenvalue weighted by Crippen LogP contribution is -2.34. The summed E-state index contributed by atoms with van der Waals surface area (Å²) in [5.74, 6) is -3.43. The minimum absolute atomic E-state index is 0.0254. The van der Waals surface area contributed by atoms with E-state index in [2.05, 4.69) is 31.3 Å². The van der Waals surface area contributed by atoms with Gasteiger partial charge in [0.1, 0.15) is 11.8 Å². The maximum absolute atomic E-state index is 12.1. The van der Waals surface area contributed by atoms with Crippen LogP contribution in [0.1, 0.15) is 70.5 Å². The number of hydrogen-bond acceptors (Lipinski definition) is 6. The molecular formula is C26H40N2O8. The van der Waals surface area contributed by atoms with Gasteiger partial charge in [0.05, 0.1) is 7.11 Å². The van der Waals surface area contributed by atoms with Gasteiger partial charge in [0, 0.05) is 18.5 Å². The molecule has 1 amide bonds. The maximum atomic E-state index is 12.1. The number of hydrogen-bond donors (Lipinski definition) is 4. The number of unbranched alkanes of at least 4 members (excludes halogenated alkanes) is 2. The molecule has 4 N–H and O–H groups in total. The van der Waals surface area contributed by atoms with Gasteiger partial charge >= 0.3 is 17.9 Å². The number of carboxylic acids is 3. The normalized spacial score (nSPS) is 11.6. The van der Waals surface area contributed by atoms with Gasteiger partial charge in [-0.25, -0.2) is 9.59 Å². The minimum atomic E-state index is -1.82. The molecule has 0 fully saturated rings. The fraction of sp³-hybridized carbons (Fsp3) is 0.538. The maximum Gasteiger partial charge on any atom is 0.414 e. The summed E-state index contributed by atoms with van der Waals surface area (Å²) in [5, 5.41) is 27.4. The van der Waals surface area contributed by atoms with E-state index in [9.17, 15) is 14.7 Å². The highest BCUT2D eigenvalue weighted by atomic mass is 16.5. The van der Waals surface area contributed by atoms with Gasteiger partial charge in [-0.3, -0.25) is 14.5 Å². The number of carbonyl (C=O) groups is 4. The van der Waals surface area contributed by atoms with Gasteiger partial charge in [0.2, 0.25) is 5.91 Å². The third-order valence-electron chi connectivity index (χ3n) is 5.22. The Balaban J connectivity index is 0.00000181. The van der Waals surface area contributed by atoms with E-state index < -0.39 is 23.9 Å². The summed E-state index contributed by atoms with van der Waals surface area (Å²) in [4.78, 5) is 44.0. The zero-order valence-corrected chi connectivity index (χ0v) is 21.8. The Hall–Kier alpha value is -3.40. The van der Waals surface area contributed by atoms with E-state index in [1.165, 1.54) is 7.11 Å². The number of carboxylic acid groups (broad SMARTS) is 3. The van der Waals surface area contributed by atoms with E-state index in [4.69, 9.17) is 24.5 Å². The van der Waals surface area contributed by atoms with E-state index in [1.54, 1.807) is 6.07 Å². The van der Waals surface area contributed by atoms with Crippen molar-refractivity contribution in [1.29, 1.82) is 0 Å². The van der Waals surface area contributed by atoms with E-state index in [0.29, 0.717) is 43.3 Å². The van der Waals surface area contributed by atoms with Gasteiger partial charge in [-0.05, 0) is 49.9 Å². The number of nitrogens with zero attached hydrogens (tertiary/aromatic N) is 1. The molecule has 1 aromatic rings. The SMILES string of the molecule is CCN(CC)C(C(=O)O)c1ccc(CNC(=O)CCCC/C=C/C(C)C)cc1OC.O=C(O)C(=O)O. The first-order chi connectivity index (χ1) is 17.0. The zero-order valence-electron chi connectivity index (χ0n) is 21.8. The second-order valence-electron chi connectivity index (χ2n) is 8.34. The molecule has 0 heterocycles. The van der Waals surface area contributed by atoms with Gasteiger partial charge in [0.15, 0.2) is 0 Å². The molecule has 1 aromatic carbocycles. The van der Waals surface area contributed by atoms with Crippen LogP contribution in [0.3, 0.4) is 0 Å².